The lowest BCUT2D eigenvalue weighted by Crippen LogP contribution is -2.18. The van der Waals surface area contributed by atoms with Crippen molar-refractivity contribution in [2.45, 2.75) is 32.4 Å². The zero-order chi connectivity index (χ0) is 29.9. The Morgan fingerprint density at radius 1 is 0.929 bits per heavy atom. The van der Waals surface area contributed by atoms with Crippen molar-refractivity contribution < 1.29 is 27.1 Å². The monoisotopic (exact) mass is 570 g/mol. The standard InChI is InChI=1S/C34H29F3N2O3/c1-33(2,3)23-15-17-30-28(20-23)39-32(42-30)26-21-24(38-31(40)25-13-7-8-14-27(25)34(35,36)37)16-18-29(26)41-19-9-12-22-10-5-4-6-11-22/h4-18,20-21H,19H2,1-3H3,(H,38,40)/b12-9+. The van der Waals surface area contributed by atoms with E-state index in [2.05, 4.69) is 26.1 Å². The van der Waals surface area contributed by atoms with Crippen molar-refractivity contribution in [2.24, 2.45) is 0 Å². The summed E-state index contributed by atoms with van der Waals surface area (Å²) in [6, 6.07) is 25.0. The first-order valence-corrected chi connectivity index (χ1v) is 13.4. The van der Waals surface area contributed by atoms with E-state index in [1.165, 1.54) is 12.1 Å². The van der Waals surface area contributed by atoms with Crippen molar-refractivity contribution in [1.29, 1.82) is 0 Å². The number of rotatable bonds is 7. The van der Waals surface area contributed by atoms with Gasteiger partial charge in [-0.1, -0.05) is 75.4 Å². The van der Waals surface area contributed by atoms with Gasteiger partial charge in [0.05, 0.1) is 16.7 Å². The number of carbonyl (C=O) groups excluding carboxylic acids is 1. The summed E-state index contributed by atoms with van der Waals surface area (Å²) in [6.07, 6.45) is -0.876. The van der Waals surface area contributed by atoms with Crippen LogP contribution >= 0.6 is 0 Å². The number of alkyl halides is 3. The number of carbonyl (C=O) groups is 1. The number of aromatic nitrogens is 1. The highest BCUT2D eigenvalue weighted by Gasteiger charge is 2.35. The molecule has 0 saturated heterocycles. The maximum atomic E-state index is 13.5. The molecule has 0 aliphatic rings. The molecule has 5 aromatic rings. The molecular weight excluding hydrogens is 541 g/mol. The number of benzene rings is 4. The van der Waals surface area contributed by atoms with Gasteiger partial charge in [-0.2, -0.15) is 13.2 Å². The second-order valence-electron chi connectivity index (χ2n) is 10.8. The molecule has 0 aliphatic heterocycles. The SMILES string of the molecule is CC(C)(C)c1ccc2oc(-c3cc(NC(=O)c4ccccc4C(F)(F)F)ccc3OC/C=C/c3ccccc3)nc2c1. The van der Waals surface area contributed by atoms with Gasteiger partial charge in [0.1, 0.15) is 17.9 Å². The van der Waals surface area contributed by atoms with E-state index in [1.54, 1.807) is 18.2 Å². The second-order valence-corrected chi connectivity index (χ2v) is 10.8. The number of amides is 1. The molecule has 0 aliphatic carbocycles. The van der Waals surface area contributed by atoms with Gasteiger partial charge < -0.3 is 14.5 Å². The van der Waals surface area contributed by atoms with Crippen LogP contribution in [0, 0.1) is 0 Å². The number of ether oxygens (including phenoxy) is 1. The number of anilines is 1. The first kappa shape index (κ1) is 28.7. The minimum atomic E-state index is -4.67. The Morgan fingerprint density at radius 3 is 2.40 bits per heavy atom. The third-order valence-corrected chi connectivity index (χ3v) is 6.64. The maximum Gasteiger partial charge on any atom is 0.417 e. The first-order valence-electron chi connectivity index (χ1n) is 13.4. The Labute approximate surface area is 241 Å². The van der Waals surface area contributed by atoms with Crippen molar-refractivity contribution in [1.82, 2.24) is 4.98 Å². The van der Waals surface area contributed by atoms with E-state index in [1.807, 2.05) is 60.7 Å². The second kappa shape index (κ2) is 11.6. The van der Waals surface area contributed by atoms with E-state index < -0.39 is 23.2 Å². The Hall–Kier alpha value is -4.85. The van der Waals surface area contributed by atoms with Gasteiger partial charge in [0.25, 0.3) is 5.91 Å². The molecule has 8 heteroatoms. The van der Waals surface area contributed by atoms with Gasteiger partial charge in [-0.05, 0) is 65.1 Å². The smallest absolute Gasteiger partial charge is 0.417 e. The maximum absolute atomic E-state index is 13.5. The normalized spacial score (nSPS) is 12.1. The van der Waals surface area contributed by atoms with Crippen molar-refractivity contribution in [2.75, 3.05) is 11.9 Å². The van der Waals surface area contributed by atoms with Crippen LogP contribution in [-0.4, -0.2) is 17.5 Å². The van der Waals surface area contributed by atoms with Crippen LogP contribution in [-0.2, 0) is 11.6 Å². The average molecular weight is 571 g/mol. The van der Waals surface area contributed by atoms with Gasteiger partial charge >= 0.3 is 6.18 Å². The van der Waals surface area contributed by atoms with E-state index in [-0.39, 0.29) is 23.6 Å². The van der Waals surface area contributed by atoms with E-state index in [0.29, 0.717) is 22.4 Å². The molecule has 0 unspecified atom stereocenters. The van der Waals surface area contributed by atoms with Crippen LogP contribution < -0.4 is 10.1 Å². The van der Waals surface area contributed by atoms with Crippen LogP contribution in [0.1, 0.15) is 47.8 Å². The highest BCUT2D eigenvalue weighted by Crippen LogP contribution is 2.36. The molecule has 0 radical (unpaired) electrons. The molecule has 5 rings (SSSR count). The summed E-state index contributed by atoms with van der Waals surface area (Å²) in [5.74, 6) is -0.199. The van der Waals surface area contributed by atoms with Crippen LogP contribution in [0.2, 0.25) is 0 Å². The van der Waals surface area contributed by atoms with Gasteiger partial charge in [-0.25, -0.2) is 4.98 Å². The molecule has 4 aromatic carbocycles. The summed E-state index contributed by atoms with van der Waals surface area (Å²) in [5.41, 5.74) is 2.45. The molecular formula is C34H29F3N2O3. The number of hydrogen-bond acceptors (Lipinski definition) is 4. The van der Waals surface area contributed by atoms with Crippen LogP contribution in [0.15, 0.2) is 101 Å². The quantitative estimate of drug-likeness (QED) is 0.212. The van der Waals surface area contributed by atoms with Gasteiger partial charge in [0.2, 0.25) is 5.89 Å². The molecule has 0 fully saturated rings. The zero-order valence-electron chi connectivity index (χ0n) is 23.3. The van der Waals surface area contributed by atoms with E-state index in [4.69, 9.17) is 14.1 Å². The summed E-state index contributed by atoms with van der Waals surface area (Å²) < 4.78 is 52.7. The molecule has 0 atom stereocenters. The highest BCUT2D eigenvalue weighted by atomic mass is 19.4. The minimum Gasteiger partial charge on any atom is -0.489 e. The Bertz CT molecular complexity index is 1750. The van der Waals surface area contributed by atoms with Crippen molar-refractivity contribution in [3.05, 3.63) is 119 Å². The number of nitrogens with zero attached hydrogens (tertiary/aromatic N) is 1. The predicted molar refractivity (Wildman–Crippen MR) is 159 cm³/mol. The Balaban J connectivity index is 1.48. The summed E-state index contributed by atoms with van der Waals surface area (Å²) in [4.78, 5) is 17.6. The summed E-state index contributed by atoms with van der Waals surface area (Å²) in [6.45, 7) is 6.55. The molecule has 1 N–H and O–H groups in total. The van der Waals surface area contributed by atoms with Gasteiger partial charge in [-0.15, -0.1) is 0 Å². The highest BCUT2D eigenvalue weighted by molar-refractivity contribution is 6.05. The van der Waals surface area contributed by atoms with Crippen LogP contribution in [0.3, 0.4) is 0 Å². The van der Waals surface area contributed by atoms with Crippen LogP contribution in [0.5, 0.6) is 5.75 Å². The molecule has 1 amide bonds. The topological polar surface area (TPSA) is 64.4 Å². The Kier molecular flexibility index (Phi) is 7.89. The lowest BCUT2D eigenvalue weighted by molar-refractivity contribution is -0.137. The van der Waals surface area contributed by atoms with E-state index in [0.717, 1.165) is 23.3 Å². The number of halogens is 3. The Morgan fingerprint density at radius 2 is 1.67 bits per heavy atom. The fourth-order valence-electron chi connectivity index (χ4n) is 4.42. The zero-order valence-corrected chi connectivity index (χ0v) is 23.3. The average Bonchev–Trinajstić information content (AvgIpc) is 3.39. The third kappa shape index (κ3) is 6.54. The molecule has 5 nitrogen and oxygen atoms in total. The summed E-state index contributed by atoms with van der Waals surface area (Å²) >= 11 is 0. The van der Waals surface area contributed by atoms with Crippen molar-refractivity contribution >= 4 is 28.8 Å². The fourth-order valence-corrected chi connectivity index (χ4v) is 4.42. The largest absolute Gasteiger partial charge is 0.489 e. The molecule has 1 aromatic heterocycles. The van der Waals surface area contributed by atoms with Crippen LogP contribution in [0.4, 0.5) is 18.9 Å². The summed E-state index contributed by atoms with van der Waals surface area (Å²) in [5, 5.41) is 2.58. The van der Waals surface area contributed by atoms with Crippen LogP contribution in [0.25, 0.3) is 28.6 Å². The first-order chi connectivity index (χ1) is 20.0. The molecule has 0 spiro atoms. The number of nitrogens with one attached hydrogen (secondary N) is 1. The number of fused-ring (bicyclic) bond motifs is 1. The fraction of sp³-hybridized carbons (Fsp3) is 0.176. The van der Waals surface area contributed by atoms with Crippen molar-refractivity contribution in [3.8, 4) is 17.2 Å². The molecule has 0 bridgehead atoms. The molecule has 1 heterocycles. The number of oxazole rings is 1. The molecule has 0 saturated carbocycles. The predicted octanol–water partition coefficient (Wildman–Crippen LogP) is 9.16. The number of hydrogen-bond donors (Lipinski definition) is 1. The lowest BCUT2D eigenvalue weighted by atomic mass is 9.87. The lowest BCUT2D eigenvalue weighted by Gasteiger charge is -2.18. The van der Waals surface area contributed by atoms with Crippen molar-refractivity contribution in [3.63, 3.8) is 0 Å². The van der Waals surface area contributed by atoms with Gasteiger partial charge in [0, 0.05) is 5.69 Å². The van der Waals surface area contributed by atoms with E-state index in [9.17, 15) is 18.0 Å². The molecule has 42 heavy (non-hydrogen) atoms. The third-order valence-electron chi connectivity index (χ3n) is 6.64. The van der Waals surface area contributed by atoms with E-state index >= 15 is 0 Å². The van der Waals surface area contributed by atoms with Gasteiger partial charge in [0.15, 0.2) is 5.58 Å². The minimum absolute atomic E-state index is 0.0937. The molecule has 214 valence electrons. The summed E-state index contributed by atoms with van der Waals surface area (Å²) in [7, 11) is 0. The van der Waals surface area contributed by atoms with Gasteiger partial charge in [-0.3, -0.25) is 4.79 Å².